The van der Waals surface area contributed by atoms with Crippen LogP contribution in [0.3, 0.4) is 0 Å². The van der Waals surface area contributed by atoms with Gasteiger partial charge in [-0.1, -0.05) is 0 Å². The molecule has 6 heterocycles. The topological polar surface area (TPSA) is 120 Å². The lowest BCUT2D eigenvalue weighted by molar-refractivity contribution is 0.0636. The smallest absolute Gasteiger partial charge is 0.412 e. The number of ether oxygens (including phenoxy) is 2. The number of nitrogens with zero attached hydrogens (tertiary/aromatic N) is 7. The first-order valence-corrected chi connectivity index (χ1v) is 16.5. The van der Waals surface area contributed by atoms with Crippen LogP contribution in [0, 0.1) is 23.0 Å². The van der Waals surface area contributed by atoms with Gasteiger partial charge >= 0.3 is 6.09 Å². The standard InChI is InChI=1S/C33H36F2N8O3S/c1-33(2,3)46-32(44)40-30-19(10-36)25-28(37-12-23(34)29(25)47-30)24-22-16-45-15-21(22)20-11-38-31(39-27(20)26(24)35)43-9-7-18(14-43)42(5)17-6-8-41(4)13-17/h11-12,17-18H,6-9,13-16H2,1-5H3,(H,40,44)/t17?,18-/m1/s1. The Morgan fingerprint density at radius 1 is 1.15 bits per heavy atom. The summed E-state index contributed by atoms with van der Waals surface area (Å²) in [5, 5.41) is 13.5. The molecule has 2 atom stereocenters. The number of likely N-dealkylation sites (tertiary alicyclic amines) is 1. The van der Waals surface area contributed by atoms with Gasteiger partial charge in [0, 0.05) is 54.3 Å². The molecule has 1 aromatic carbocycles. The Morgan fingerprint density at radius 2 is 1.89 bits per heavy atom. The minimum atomic E-state index is -0.795. The van der Waals surface area contributed by atoms with Crippen LogP contribution >= 0.6 is 11.3 Å². The summed E-state index contributed by atoms with van der Waals surface area (Å²) in [6.45, 7) is 9.07. The van der Waals surface area contributed by atoms with Gasteiger partial charge in [0.05, 0.1) is 35.4 Å². The zero-order valence-corrected chi connectivity index (χ0v) is 27.8. The van der Waals surface area contributed by atoms with Crippen LogP contribution in [0.5, 0.6) is 0 Å². The Morgan fingerprint density at radius 3 is 2.62 bits per heavy atom. The lowest BCUT2D eigenvalue weighted by Crippen LogP contribution is -2.43. The molecule has 7 rings (SSSR count). The molecule has 1 amide bonds. The number of pyridine rings is 1. The Kier molecular flexibility index (Phi) is 7.99. The second kappa shape index (κ2) is 11.9. The number of nitrogens with one attached hydrogen (secondary N) is 1. The highest BCUT2D eigenvalue weighted by molar-refractivity contribution is 7.23. The van der Waals surface area contributed by atoms with Gasteiger partial charge in [-0.15, -0.1) is 11.3 Å². The quantitative estimate of drug-likeness (QED) is 0.287. The number of rotatable bonds is 5. The molecule has 1 N–H and O–H groups in total. The highest BCUT2D eigenvalue weighted by Crippen LogP contribution is 2.46. The lowest BCUT2D eigenvalue weighted by Gasteiger charge is -2.30. The van der Waals surface area contributed by atoms with E-state index < -0.39 is 23.3 Å². The van der Waals surface area contributed by atoms with Gasteiger partial charge in [-0.3, -0.25) is 15.2 Å². The minimum absolute atomic E-state index is 0.0333. The van der Waals surface area contributed by atoms with Crippen molar-refractivity contribution < 1.29 is 23.0 Å². The van der Waals surface area contributed by atoms with E-state index in [1.54, 1.807) is 27.0 Å². The van der Waals surface area contributed by atoms with Crippen molar-refractivity contribution in [3.8, 4) is 17.3 Å². The maximum atomic E-state index is 16.9. The number of likely N-dealkylation sites (N-methyl/N-ethyl adjacent to an activating group) is 2. The number of thiophene rings is 1. The van der Waals surface area contributed by atoms with Crippen molar-refractivity contribution in [1.29, 1.82) is 5.26 Å². The van der Waals surface area contributed by atoms with Gasteiger partial charge in [-0.25, -0.2) is 23.5 Å². The van der Waals surface area contributed by atoms with Gasteiger partial charge in [0.2, 0.25) is 5.95 Å². The summed E-state index contributed by atoms with van der Waals surface area (Å²) in [4.78, 5) is 33.3. The number of hydrogen-bond acceptors (Lipinski definition) is 11. The summed E-state index contributed by atoms with van der Waals surface area (Å²) in [6.07, 6.45) is 3.96. The fraction of sp³-hybridized carbons (Fsp3) is 0.485. The summed E-state index contributed by atoms with van der Waals surface area (Å²) in [7, 11) is 4.33. The minimum Gasteiger partial charge on any atom is -0.444 e. The third kappa shape index (κ3) is 5.65. The molecule has 2 fully saturated rings. The average molecular weight is 663 g/mol. The molecule has 4 aromatic rings. The highest BCUT2D eigenvalue weighted by Gasteiger charge is 2.35. The van der Waals surface area contributed by atoms with Crippen LogP contribution in [-0.2, 0) is 22.7 Å². The van der Waals surface area contributed by atoms with Crippen LogP contribution in [0.15, 0.2) is 12.4 Å². The van der Waals surface area contributed by atoms with E-state index in [0.717, 1.165) is 62.1 Å². The Hall–Kier alpha value is -4.03. The summed E-state index contributed by atoms with van der Waals surface area (Å²) >= 11 is 0.870. The summed E-state index contributed by atoms with van der Waals surface area (Å²) in [6, 6.07) is 2.91. The molecule has 0 radical (unpaired) electrons. The number of carbonyl (C=O) groups is 1. The van der Waals surface area contributed by atoms with Crippen molar-refractivity contribution in [3.63, 3.8) is 0 Å². The summed E-state index contributed by atoms with van der Waals surface area (Å²) in [5.74, 6) is -0.902. The van der Waals surface area contributed by atoms with Crippen molar-refractivity contribution in [2.75, 3.05) is 50.5 Å². The molecule has 0 aliphatic carbocycles. The number of hydrogen-bond donors (Lipinski definition) is 1. The number of nitriles is 1. The third-order valence-corrected chi connectivity index (χ3v) is 10.4. The monoisotopic (exact) mass is 662 g/mol. The van der Waals surface area contributed by atoms with Crippen molar-refractivity contribution in [3.05, 3.63) is 40.7 Å². The van der Waals surface area contributed by atoms with Crippen LogP contribution in [0.4, 0.5) is 24.5 Å². The SMILES string of the molecule is CN1CCC(N(C)[C@@H]2CCN(c3ncc4c5c(c(-c6ncc(F)c7sc(NC(=O)OC(C)(C)C)c(C#N)c67)c(F)c4n3)COC5)C2)C1. The number of fused-ring (bicyclic) bond motifs is 4. The first kappa shape index (κ1) is 31.6. The number of halogens is 2. The van der Waals surface area contributed by atoms with E-state index in [9.17, 15) is 10.1 Å². The van der Waals surface area contributed by atoms with Crippen molar-refractivity contribution in [2.45, 2.75) is 64.5 Å². The molecular weight excluding hydrogens is 626 g/mol. The number of anilines is 2. The van der Waals surface area contributed by atoms with Gasteiger partial charge in [-0.2, -0.15) is 5.26 Å². The van der Waals surface area contributed by atoms with E-state index in [2.05, 4.69) is 50.1 Å². The molecule has 0 bridgehead atoms. The van der Waals surface area contributed by atoms with E-state index in [4.69, 9.17) is 14.5 Å². The van der Waals surface area contributed by atoms with Gasteiger partial charge in [0.25, 0.3) is 0 Å². The second-order valence-electron chi connectivity index (χ2n) is 13.5. The fourth-order valence-corrected chi connectivity index (χ4v) is 7.99. The average Bonchev–Trinajstić information content (AvgIpc) is 3.83. The van der Waals surface area contributed by atoms with Gasteiger partial charge in [0.15, 0.2) is 11.6 Å². The molecule has 1 unspecified atom stereocenters. The predicted molar refractivity (Wildman–Crippen MR) is 175 cm³/mol. The molecule has 3 aliphatic rings. The van der Waals surface area contributed by atoms with Crippen LogP contribution in [0.1, 0.15) is 50.3 Å². The van der Waals surface area contributed by atoms with Gasteiger partial charge in [0.1, 0.15) is 22.2 Å². The van der Waals surface area contributed by atoms with Crippen LogP contribution in [0.25, 0.3) is 32.2 Å². The molecule has 0 saturated carbocycles. The Labute approximate surface area is 275 Å². The van der Waals surface area contributed by atoms with Crippen LogP contribution < -0.4 is 10.2 Å². The van der Waals surface area contributed by atoms with Gasteiger partial charge < -0.3 is 19.3 Å². The zero-order chi connectivity index (χ0) is 33.2. The van der Waals surface area contributed by atoms with E-state index in [1.165, 1.54) is 0 Å². The van der Waals surface area contributed by atoms with E-state index >= 15 is 8.78 Å². The molecule has 0 spiro atoms. The highest BCUT2D eigenvalue weighted by atomic mass is 32.1. The van der Waals surface area contributed by atoms with E-state index in [-0.39, 0.29) is 50.6 Å². The first-order chi connectivity index (χ1) is 22.4. The maximum absolute atomic E-state index is 16.9. The summed E-state index contributed by atoms with van der Waals surface area (Å²) in [5.41, 5.74) is 0.747. The second-order valence-corrected chi connectivity index (χ2v) is 14.6. The maximum Gasteiger partial charge on any atom is 0.412 e. The molecule has 3 aliphatic heterocycles. The lowest BCUT2D eigenvalue weighted by atomic mass is 9.94. The third-order valence-electron chi connectivity index (χ3n) is 9.28. The zero-order valence-electron chi connectivity index (χ0n) is 27.0. The van der Waals surface area contributed by atoms with Crippen molar-refractivity contribution in [1.82, 2.24) is 24.8 Å². The Bertz CT molecular complexity index is 1950. The molecule has 3 aromatic heterocycles. The molecule has 246 valence electrons. The molecule has 47 heavy (non-hydrogen) atoms. The normalized spacial score (nSPS) is 20.0. The fourth-order valence-electron chi connectivity index (χ4n) is 6.95. The van der Waals surface area contributed by atoms with Crippen molar-refractivity contribution >= 4 is 49.4 Å². The van der Waals surface area contributed by atoms with E-state index in [0.29, 0.717) is 29.0 Å². The van der Waals surface area contributed by atoms with Crippen LogP contribution in [0.2, 0.25) is 0 Å². The number of benzene rings is 1. The molecule has 11 nitrogen and oxygen atoms in total. The Balaban J connectivity index is 1.30. The number of amides is 1. The van der Waals surface area contributed by atoms with E-state index in [1.807, 2.05) is 0 Å². The largest absolute Gasteiger partial charge is 0.444 e. The van der Waals surface area contributed by atoms with Gasteiger partial charge in [-0.05, 0) is 65.4 Å². The number of carbonyl (C=O) groups excluding carboxylic acids is 1. The van der Waals surface area contributed by atoms with Crippen molar-refractivity contribution in [2.24, 2.45) is 0 Å². The molecular formula is C33H36F2N8O3S. The predicted octanol–water partition coefficient (Wildman–Crippen LogP) is 5.65. The van der Waals surface area contributed by atoms with Crippen LogP contribution in [-0.4, -0.2) is 88.8 Å². The molecule has 2 saturated heterocycles. The first-order valence-electron chi connectivity index (χ1n) is 15.7. The summed E-state index contributed by atoms with van der Waals surface area (Å²) < 4.78 is 43.3. The molecule has 14 heteroatoms. The number of aromatic nitrogens is 3.